The first-order valence-electron chi connectivity index (χ1n) is 45.3. The summed E-state index contributed by atoms with van der Waals surface area (Å²) in [6, 6.07) is 37.7. The Bertz CT molecular complexity index is 6590. The summed E-state index contributed by atoms with van der Waals surface area (Å²) >= 11 is 0. The van der Waals surface area contributed by atoms with Crippen LogP contribution in [0.3, 0.4) is 0 Å². The monoisotopic (exact) mass is 2000 g/mol. The molecular formula is C101H105F11N26O7. The summed E-state index contributed by atoms with van der Waals surface area (Å²) in [5.41, 5.74) is -1.56. The second kappa shape index (κ2) is 47.9. The molecule has 4 saturated heterocycles. The number of benzene rings is 6. The third-order valence-corrected chi connectivity index (χ3v) is 23.4. The zero-order valence-electron chi connectivity index (χ0n) is 80.0. The molecule has 4 aliphatic heterocycles. The number of nitrogens with zero attached hydrogens (tertiary/aromatic N) is 18. The zero-order chi connectivity index (χ0) is 104. The maximum absolute atomic E-state index is 15.6. The van der Waals surface area contributed by atoms with Crippen LogP contribution in [-0.2, 0) is 42.9 Å². The number of carbonyl (C=O) groups is 4. The third-order valence-electron chi connectivity index (χ3n) is 23.4. The minimum Gasteiger partial charge on any atom is -0.494 e. The van der Waals surface area contributed by atoms with Crippen molar-refractivity contribution in [2.24, 2.45) is 0 Å². The molecule has 4 fully saturated rings. The average molecular weight is 2000 g/mol. The van der Waals surface area contributed by atoms with Gasteiger partial charge in [0.2, 0.25) is 47.4 Å². The van der Waals surface area contributed by atoms with E-state index in [1.807, 2.05) is 36.2 Å². The lowest BCUT2D eigenvalue weighted by atomic mass is 10.0. The van der Waals surface area contributed by atoms with Crippen LogP contribution in [0.4, 0.5) is 141 Å². The quantitative estimate of drug-likeness (QED) is 0.0148. The van der Waals surface area contributed by atoms with Gasteiger partial charge in [-0.05, 0) is 156 Å². The lowest BCUT2D eigenvalue weighted by molar-refractivity contribution is -0.112. The summed E-state index contributed by atoms with van der Waals surface area (Å²) in [5, 5.41) is 21.1. The Labute approximate surface area is 828 Å². The molecule has 4 aliphatic rings. The maximum Gasteiger partial charge on any atom is 0.318 e. The van der Waals surface area contributed by atoms with Gasteiger partial charge in [-0.3, -0.25) is 19.2 Å². The minimum absolute atomic E-state index is 0.0317. The van der Waals surface area contributed by atoms with E-state index in [1.54, 1.807) is 42.7 Å². The number of halogens is 11. The third kappa shape index (κ3) is 27.3. The Morgan fingerprint density at radius 3 is 0.952 bits per heavy atom. The highest BCUT2D eigenvalue weighted by molar-refractivity contribution is 6.01. The summed E-state index contributed by atoms with van der Waals surface area (Å²) in [6.45, 7) is 27.3. The van der Waals surface area contributed by atoms with Gasteiger partial charge in [0.15, 0.2) is 45.9 Å². The molecule has 6 aromatic heterocycles. The van der Waals surface area contributed by atoms with E-state index < -0.39 is 104 Å². The highest BCUT2D eigenvalue weighted by atomic mass is 19.3. The smallest absolute Gasteiger partial charge is 0.318 e. The summed E-state index contributed by atoms with van der Waals surface area (Å²) in [7, 11) is 12.2. The Kier molecular flexibility index (Phi) is 35.0. The van der Waals surface area contributed by atoms with E-state index in [2.05, 4.69) is 174 Å². The van der Waals surface area contributed by atoms with Crippen LogP contribution in [-0.4, -0.2) is 247 Å². The van der Waals surface area contributed by atoms with Gasteiger partial charge < -0.3 is 95.9 Å². The number of ether oxygens (including phenoxy) is 3. The second-order valence-corrected chi connectivity index (χ2v) is 33.4. The van der Waals surface area contributed by atoms with E-state index in [0.717, 1.165) is 170 Å². The standard InChI is InChI=1S/2C26H27F3N6O2.C25H27F2N7O2.C24H24F3N7O/c1-4-23(36)31-18-7-5-6-17(14-18)26(28,29)24-20(27)16-30-25(33-24)32-21-9-8-19(15-22(21)37-3)35-12-10-34(2)11-13-35;1-4-23(36)31-18-7-5-6-17(14-18)26(28,29)24-22(37-3)16-30-25(33-24)32-19-8-9-21(20(27)15-19)35-12-10-34(2)11-13-35;1-4-22(35)30-18-7-5-6-17(14-18)25(26,27)23-20(36-3)16-29-24(32-23)31-19-8-9-21(28-15-19)34-12-10-33(2)11-13-34;1-3-21(35)30-17-6-4-5-16(13-17)24(26,27)22-19(25)15-29-23(32-22)31-18-7-8-20(28-14-18)34-11-9-33(2)10-12-34/h2*4-9,14-16H,1,10-13H2,2-3H3,(H,31,36)(H,30,32,33);4-9,14-16H,1,10-13H2,2-3H3,(H,30,35)(H,29,31,32);3-8,13-15H,1,9-12H2,2H3,(H,30,35)(H,29,31,32). The Morgan fingerprint density at radius 2 is 0.621 bits per heavy atom. The molecule has 0 aliphatic carbocycles. The van der Waals surface area contributed by atoms with Crippen molar-refractivity contribution in [3.8, 4) is 17.2 Å². The lowest BCUT2D eigenvalue weighted by Crippen LogP contribution is -2.44. The number of amides is 4. The first kappa shape index (κ1) is 106. The summed E-state index contributed by atoms with van der Waals surface area (Å²) in [6.07, 6.45) is 11.0. The number of piperazine rings is 4. The predicted molar refractivity (Wildman–Crippen MR) is 534 cm³/mol. The molecule has 16 rings (SSSR count). The van der Waals surface area contributed by atoms with E-state index in [-0.39, 0.29) is 63.6 Å². The van der Waals surface area contributed by atoms with Crippen molar-refractivity contribution in [2.75, 3.05) is 216 Å². The molecule has 0 atom stereocenters. The molecule has 758 valence electrons. The van der Waals surface area contributed by atoms with Crippen LogP contribution in [0.15, 0.2) is 246 Å². The SMILES string of the molecule is C=CC(=O)Nc1cccc(C(F)(F)c2nc(Nc3ccc(N4CCN(C)CC4)c(F)c3)ncc2OC)c1.C=CC(=O)Nc1cccc(C(F)(F)c2nc(Nc3ccc(N4CCN(C)CC4)cc3OC)ncc2F)c1.C=CC(=O)Nc1cccc(C(F)(F)c2nc(Nc3ccc(N4CCN(C)CC4)nc3)ncc2F)c1.C=CC(=O)Nc1cccc(C(F)(F)c2nc(Nc3ccc(N4CCN(C)CC4)nc3)ncc2OC)c1. The maximum atomic E-state index is 15.6. The summed E-state index contributed by atoms with van der Waals surface area (Å²) < 4.78 is 183. The average Bonchev–Trinajstić information content (AvgIpc) is 0.788. The van der Waals surface area contributed by atoms with Gasteiger partial charge >= 0.3 is 23.7 Å². The van der Waals surface area contributed by atoms with E-state index in [9.17, 15) is 32.3 Å². The molecular weight excluding hydrogens is 1900 g/mol. The fourth-order valence-corrected chi connectivity index (χ4v) is 15.2. The van der Waals surface area contributed by atoms with Crippen molar-refractivity contribution < 1.29 is 81.7 Å². The van der Waals surface area contributed by atoms with E-state index in [4.69, 9.17) is 14.2 Å². The van der Waals surface area contributed by atoms with Crippen LogP contribution in [0, 0.1) is 17.5 Å². The van der Waals surface area contributed by atoms with Crippen molar-refractivity contribution in [1.29, 1.82) is 0 Å². The molecule has 10 heterocycles. The molecule has 12 aromatic rings. The van der Waals surface area contributed by atoms with Gasteiger partial charge in [-0.15, -0.1) is 0 Å². The van der Waals surface area contributed by atoms with E-state index in [1.165, 1.54) is 100 Å². The van der Waals surface area contributed by atoms with Gasteiger partial charge in [0, 0.05) is 167 Å². The van der Waals surface area contributed by atoms with Crippen molar-refractivity contribution in [3.05, 3.63) is 308 Å². The number of hydrogen-bond acceptors (Lipinski definition) is 29. The topological polar surface area (TPSA) is 347 Å². The minimum atomic E-state index is -3.81. The first-order valence-corrected chi connectivity index (χ1v) is 45.3. The van der Waals surface area contributed by atoms with Crippen molar-refractivity contribution in [2.45, 2.75) is 23.7 Å². The largest absolute Gasteiger partial charge is 0.494 e. The normalized spacial score (nSPS) is 14.3. The predicted octanol–water partition coefficient (Wildman–Crippen LogP) is 16.2. The Morgan fingerprint density at radius 1 is 0.310 bits per heavy atom. The van der Waals surface area contributed by atoms with Crippen molar-refractivity contribution in [3.63, 3.8) is 0 Å². The second-order valence-electron chi connectivity index (χ2n) is 33.4. The number of anilines is 16. The van der Waals surface area contributed by atoms with Crippen LogP contribution in [0.5, 0.6) is 17.2 Å². The van der Waals surface area contributed by atoms with E-state index >= 15 is 35.1 Å². The fourth-order valence-electron chi connectivity index (χ4n) is 15.2. The van der Waals surface area contributed by atoms with Gasteiger partial charge in [-0.1, -0.05) is 74.8 Å². The number of methoxy groups -OCH3 is 3. The number of alkyl halides is 8. The van der Waals surface area contributed by atoms with Crippen LogP contribution in [0.2, 0.25) is 0 Å². The Hall–Kier alpha value is -16.4. The molecule has 0 saturated carbocycles. The molecule has 8 N–H and O–H groups in total. The molecule has 0 bridgehead atoms. The first-order chi connectivity index (χ1) is 69.5. The number of pyridine rings is 2. The van der Waals surface area contributed by atoms with Crippen LogP contribution in [0.25, 0.3) is 0 Å². The number of carbonyl (C=O) groups excluding carboxylic acids is 4. The van der Waals surface area contributed by atoms with Crippen molar-refractivity contribution >= 4 is 116 Å². The highest BCUT2D eigenvalue weighted by Crippen LogP contribution is 2.45. The van der Waals surface area contributed by atoms with E-state index in [0.29, 0.717) is 59.7 Å². The van der Waals surface area contributed by atoms with Crippen LogP contribution < -0.4 is 76.3 Å². The van der Waals surface area contributed by atoms with Gasteiger partial charge in [-0.25, -0.2) is 63.0 Å². The van der Waals surface area contributed by atoms with Crippen LogP contribution in [0.1, 0.15) is 45.0 Å². The number of nitrogens with one attached hydrogen (secondary N) is 8. The lowest BCUT2D eigenvalue weighted by Gasteiger charge is -2.34. The highest BCUT2D eigenvalue weighted by Gasteiger charge is 2.44. The van der Waals surface area contributed by atoms with Gasteiger partial charge in [-0.2, -0.15) is 35.1 Å². The number of hydrogen-bond donors (Lipinski definition) is 8. The molecule has 33 nitrogen and oxygen atoms in total. The van der Waals surface area contributed by atoms with Crippen molar-refractivity contribution in [1.82, 2.24) is 69.4 Å². The fraction of sp³-hybridized carbons (Fsp3) is 0.267. The molecule has 6 aromatic carbocycles. The Balaban J connectivity index is 0.000000162. The summed E-state index contributed by atoms with van der Waals surface area (Å²) in [5.74, 6) is -18.8. The summed E-state index contributed by atoms with van der Waals surface area (Å²) in [4.78, 5) is 104. The molecule has 0 radical (unpaired) electrons. The number of aromatic nitrogens is 10. The molecule has 44 heteroatoms. The zero-order valence-corrected chi connectivity index (χ0v) is 80.0. The number of likely N-dealkylation sites (N-methyl/N-ethyl adjacent to an activating group) is 4. The molecule has 0 spiro atoms. The van der Waals surface area contributed by atoms with Gasteiger partial charge in [0.25, 0.3) is 0 Å². The molecule has 0 unspecified atom stereocenters. The number of rotatable bonds is 31. The molecule has 145 heavy (non-hydrogen) atoms. The van der Waals surface area contributed by atoms with Crippen LogP contribution >= 0.6 is 0 Å². The molecule has 4 amide bonds. The van der Waals surface area contributed by atoms with Gasteiger partial charge in [0.1, 0.15) is 23.2 Å². The van der Waals surface area contributed by atoms with Gasteiger partial charge in [0.05, 0.1) is 81.3 Å².